The molecule has 0 saturated heterocycles. The maximum atomic E-state index is 6.25. The lowest BCUT2D eigenvalue weighted by Gasteiger charge is -2.23. The highest BCUT2D eigenvalue weighted by molar-refractivity contribution is 7.98. The zero-order valence-electron chi connectivity index (χ0n) is 16.3. The van der Waals surface area contributed by atoms with Crippen LogP contribution >= 0.6 is 23.5 Å². The Morgan fingerprint density at radius 3 is 2.48 bits per heavy atom. The molecule has 0 aliphatic carbocycles. The van der Waals surface area contributed by atoms with Gasteiger partial charge in [0.15, 0.2) is 5.75 Å². The third-order valence-corrected chi connectivity index (χ3v) is 5.78. The Morgan fingerprint density at radius 2 is 1.72 bits per heavy atom. The van der Waals surface area contributed by atoms with Gasteiger partial charge in [0.1, 0.15) is 5.75 Å². The monoisotopic (exact) mass is 423 g/mol. The predicted octanol–water partition coefficient (Wildman–Crippen LogP) is 6.83. The summed E-state index contributed by atoms with van der Waals surface area (Å²) in [4.78, 5) is 5.72. The Kier molecular flexibility index (Phi) is 5.97. The number of fused-ring (bicyclic) bond motifs is 1. The van der Waals surface area contributed by atoms with Gasteiger partial charge < -0.3 is 10.1 Å². The molecule has 1 heterocycles. The number of nitrogens with one attached hydrogen (secondary N) is 2. The van der Waals surface area contributed by atoms with Crippen molar-refractivity contribution in [3.63, 3.8) is 0 Å². The second kappa shape index (κ2) is 8.80. The quantitative estimate of drug-likeness (QED) is 0.441. The Bertz CT molecular complexity index is 1030. The first kappa shape index (κ1) is 19.7. The van der Waals surface area contributed by atoms with Crippen LogP contribution in [0.25, 0.3) is 0 Å². The lowest BCUT2D eigenvalue weighted by Crippen LogP contribution is -2.29. The lowest BCUT2D eigenvalue weighted by molar-refractivity contribution is 0.484. The Labute approximate surface area is 180 Å². The van der Waals surface area contributed by atoms with E-state index in [9.17, 15) is 0 Å². The number of nitrogens with zero attached hydrogens (tertiary/aromatic N) is 1. The first-order chi connectivity index (χ1) is 14.1. The molecule has 1 aliphatic rings. The Balaban J connectivity index is 1.51. The second-order valence-corrected chi connectivity index (χ2v) is 8.31. The van der Waals surface area contributed by atoms with Crippen molar-refractivity contribution in [2.45, 2.75) is 31.2 Å². The topological polar surface area (TPSA) is 45.7 Å². The van der Waals surface area contributed by atoms with Crippen LogP contribution in [0.5, 0.6) is 11.5 Å². The highest BCUT2D eigenvalue weighted by atomic mass is 35.5. The van der Waals surface area contributed by atoms with E-state index in [-0.39, 0.29) is 0 Å². The largest absolute Gasteiger partial charge is 0.454 e. The molecule has 2 N–H and O–H groups in total. The van der Waals surface area contributed by atoms with E-state index < -0.39 is 0 Å². The molecular formula is C23H22ClN3OS. The molecule has 0 saturated carbocycles. The third kappa shape index (κ3) is 4.69. The maximum Gasteiger partial charge on any atom is 0.206 e. The highest BCUT2D eigenvalue weighted by Gasteiger charge is 2.19. The van der Waals surface area contributed by atoms with Crippen LogP contribution in [0.15, 0.2) is 76.6 Å². The molecule has 0 amide bonds. The van der Waals surface area contributed by atoms with Crippen molar-refractivity contribution in [3.05, 3.63) is 82.9 Å². The fourth-order valence-electron chi connectivity index (χ4n) is 2.95. The summed E-state index contributed by atoms with van der Waals surface area (Å²) in [5.74, 6) is 2.56. The van der Waals surface area contributed by atoms with Gasteiger partial charge in [-0.3, -0.25) is 4.72 Å². The summed E-state index contributed by atoms with van der Waals surface area (Å²) in [5.41, 5.74) is 3.38. The van der Waals surface area contributed by atoms with Gasteiger partial charge >= 0.3 is 0 Å². The van der Waals surface area contributed by atoms with Gasteiger partial charge in [0, 0.05) is 0 Å². The van der Waals surface area contributed by atoms with Crippen LogP contribution in [0.1, 0.15) is 30.9 Å². The molecule has 0 bridgehead atoms. The minimum atomic E-state index is 0.529. The molecule has 4 nitrogen and oxygen atoms in total. The minimum absolute atomic E-state index is 0.529. The molecular weight excluding hydrogens is 402 g/mol. The number of halogens is 1. The molecule has 1 aliphatic heterocycles. The predicted molar refractivity (Wildman–Crippen MR) is 122 cm³/mol. The zero-order valence-corrected chi connectivity index (χ0v) is 17.8. The van der Waals surface area contributed by atoms with Crippen LogP contribution in [0.2, 0.25) is 5.02 Å². The number of guanidine groups is 1. The molecule has 0 unspecified atom stereocenters. The van der Waals surface area contributed by atoms with E-state index in [1.54, 1.807) is 0 Å². The van der Waals surface area contributed by atoms with E-state index in [0.29, 0.717) is 34.9 Å². The summed E-state index contributed by atoms with van der Waals surface area (Å²) in [7, 11) is 0. The van der Waals surface area contributed by atoms with Gasteiger partial charge in [0.25, 0.3) is 0 Å². The lowest BCUT2D eigenvalue weighted by atomic mass is 10.0. The summed E-state index contributed by atoms with van der Waals surface area (Å²) in [6.07, 6.45) is 0. The number of benzene rings is 3. The molecule has 6 heteroatoms. The van der Waals surface area contributed by atoms with Gasteiger partial charge in [-0.15, -0.1) is 0 Å². The summed E-state index contributed by atoms with van der Waals surface area (Å²) >= 11 is 7.76. The fourth-order valence-corrected chi connectivity index (χ4v) is 3.84. The number of anilines is 1. The van der Waals surface area contributed by atoms with Gasteiger partial charge in [-0.1, -0.05) is 67.9 Å². The van der Waals surface area contributed by atoms with E-state index in [0.717, 1.165) is 10.6 Å². The van der Waals surface area contributed by atoms with E-state index >= 15 is 0 Å². The van der Waals surface area contributed by atoms with E-state index in [1.165, 1.54) is 23.1 Å². The summed E-state index contributed by atoms with van der Waals surface area (Å²) in [6, 6.07) is 22.0. The molecule has 0 atom stereocenters. The zero-order chi connectivity index (χ0) is 20.2. The van der Waals surface area contributed by atoms with E-state index in [4.69, 9.17) is 16.3 Å². The van der Waals surface area contributed by atoms with Crippen molar-refractivity contribution < 1.29 is 4.74 Å². The average molecular weight is 424 g/mol. The van der Waals surface area contributed by atoms with Crippen LogP contribution in [0.4, 0.5) is 5.69 Å². The van der Waals surface area contributed by atoms with Gasteiger partial charge in [-0.25, -0.2) is 4.99 Å². The van der Waals surface area contributed by atoms with Gasteiger partial charge in [0.05, 0.1) is 22.2 Å². The van der Waals surface area contributed by atoms with Crippen molar-refractivity contribution in [3.8, 4) is 11.5 Å². The van der Waals surface area contributed by atoms with Crippen molar-refractivity contribution in [1.29, 1.82) is 0 Å². The second-order valence-electron chi connectivity index (χ2n) is 7.05. The maximum absolute atomic E-state index is 6.25. The summed E-state index contributed by atoms with van der Waals surface area (Å²) in [6.45, 7) is 4.99. The van der Waals surface area contributed by atoms with Gasteiger partial charge in [-0.2, -0.15) is 0 Å². The molecule has 0 fully saturated rings. The number of ether oxygens (including phenoxy) is 1. The first-order valence-electron chi connectivity index (χ1n) is 9.48. The highest BCUT2D eigenvalue weighted by Crippen LogP contribution is 2.40. The van der Waals surface area contributed by atoms with Crippen LogP contribution < -0.4 is 14.8 Å². The molecule has 3 aromatic rings. The van der Waals surface area contributed by atoms with Crippen LogP contribution in [0.3, 0.4) is 0 Å². The molecule has 4 rings (SSSR count). The molecule has 148 valence electrons. The van der Waals surface area contributed by atoms with Crippen LogP contribution in [-0.4, -0.2) is 5.96 Å². The van der Waals surface area contributed by atoms with Crippen molar-refractivity contribution in [2.75, 3.05) is 5.32 Å². The number of hydrogen-bond acceptors (Lipinski definition) is 3. The van der Waals surface area contributed by atoms with Crippen molar-refractivity contribution in [2.24, 2.45) is 4.99 Å². The normalized spacial score (nSPS) is 14.3. The molecule has 3 aromatic carbocycles. The Morgan fingerprint density at radius 1 is 0.966 bits per heavy atom. The number of rotatable bonds is 5. The van der Waals surface area contributed by atoms with Crippen molar-refractivity contribution in [1.82, 2.24) is 4.72 Å². The SMILES string of the molecule is CC(C)c1ccc(CN=C2NSc3cccc(Oc4ccccc4Cl)c3N2)cc1. The average Bonchev–Trinajstić information content (AvgIpc) is 2.74. The number of aliphatic imine (C=N–C) groups is 1. The number of hydrogen-bond donors (Lipinski definition) is 2. The standard InChI is InChI=1S/C23H22ClN3OS/c1-15(2)17-12-10-16(11-13-17)14-25-23-26-22-20(8-5-9-21(22)29-27-23)28-19-7-4-3-6-18(19)24/h3-13,15H,14H2,1-2H3,(H2,25,26,27). The number of para-hydroxylation sites is 2. The molecule has 29 heavy (non-hydrogen) atoms. The smallest absolute Gasteiger partial charge is 0.206 e. The van der Waals surface area contributed by atoms with Gasteiger partial charge in [-0.05, 0) is 53.3 Å². The van der Waals surface area contributed by atoms with E-state index in [1.807, 2.05) is 42.5 Å². The molecule has 0 aromatic heterocycles. The summed E-state index contributed by atoms with van der Waals surface area (Å²) < 4.78 is 9.32. The first-order valence-corrected chi connectivity index (χ1v) is 10.7. The fraction of sp³-hybridized carbons (Fsp3) is 0.174. The minimum Gasteiger partial charge on any atom is -0.454 e. The Hall–Kier alpha value is -2.63. The van der Waals surface area contributed by atoms with Crippen molar-refractivity contribution >= 4 is 35.2 Å². The van der Waals surface area contributed by atoms with Crippen LogP contribution in [0, 0.1) is 0 Å². The van der Waals surface area contributed by atoms with Gasteiger partial charge in [0.2, 0.25) is 5.96 Å². The van der Waals surface area contributed by atoms with E-state index in [2.05, 4.69) is 53.1 Å². The summed E-state index contributed by atoms with van der Waals surface area (Å²) in [5, 5.41) is 3.93. The third-order valence-electron chi connectivity index (χ3n) is 4.61. The molecule has 0 spiro atoms. The molecule has 0 radical (unpaired) electrons. The van der Waals surface area contributed by atoms with Crippen LogP contribution in [-0.2, 0) is 6.54 Å².